The lowest BCUT2D eigenvalue weighted by atomic mass is 10.2. The first kappa shape index (κ1) is 17.4. The minimum Gasteiger partial charge on any atom is -0.462 e. The fourth-order valence-corrected chi connectivity index (χ4v) is 3.51. The van der Waals surface area contributed by atoms with E-state index in [2.05, 4.69) is 25.1 Å². The lowest BCUT2D eigenvalue weighted by Crippen LogP contribution is -2.11. The number of fused-ring (bicyclic) bond motifs is 1. The molecule has 0 atom stereocenters. The molecule has 0 fully saturated rings. The number of carbonyl (C=O) groups is 1. The van der Waals surface area contributed by atoms with Crippen LogP contribution < -0.4 is 5.32 Å². The van der Waals surface area contributed by atoms with Gasteiger partial charge in [0.15, 0.2) is 10.8 Å². The van der Waals surface area contributed by atoms with Gasteiger partial charge in [0.05, 0.1) is 23.9 Å². The largest absolute Gasteiger partial charge is 0.462 e. The maximum Gasteiger partial charge on any atom is 0.257 e. The number of ether oxygens (including phenoxy) is 1. The van der Waals surface area contributed by atoms with Gasteiger partial charge in [0.1, 0.15) is 5.82 Å². The zero-order chi connectivity index (χ0) is 18.8. The first-order valence-electron chi connectivity index (χ1n) is 8.30. The smallest absolute Gasteiger partial charge is 0.257 e. The molecule has 0 aliphatic rings. The Morgan fingerprint density at radius 1 is 1.33 bits per heavy atom. The second-order valence-corrected chi connectivity index (χ2v) is 6.83. The van der Waals surface area contributed by atoms with Crippen molar-refractivity contribution < 1.29 is 13.9 Å². The fourth-order valence-electron chi connectivity index (χ4n) is 2.80. The van der Waals surface area contributed by atoms with Gasteiger partial charge in [-0.15, -0.1) is 10.2 Å². The molecule has 1 N–H and O–H groups in total. The van der Waals surface area contributed by atoms with E-state index in [1.165, 1.54) is 11.3 Å². The zero-order valence-corrected chi connectivity index (χ0v) is 15.6. The second-order valence-electron chi connectivity index (χ2n) is 5.85. The number of amides is 1. The Kier molecular flexibility index (Phi) is 4.69. The van der Waals surface area contributed by atoms with E-state index in [-0.39, 0.29) is 5.91 Å². The molecule has 138 valence electrons. The number of methoxy groups -OCH3 is 1. The highest BCUT2D eigenvalue weighted by molar-refractivity contribution is 7.18. The molecule has 4 rings (SSSR count). The average molecular weight is 383 g/mol. The van der Waals surface area contributed by atoms with Crippen molar-refractivity contribution in [2.45, 2.75) is 13.5 Å². The third kappa shape index (κ3) is 3.46. The number of anilines is 1. The highest BCUT2D eigenvalue weighted by atomic mass is 32.1. The normalized spacial score (nSPS) is 11.2. The standard InChI is InChI=1S/C18H17N5O3S/c1-11-19-13-10-12(5-6-14(13)23(11)7-9-25-2)16(24)20-18-22-21-17(27-18)15-4-3-8-26-15/h3-6,8,10H,7,9H2,1-2H3,(H,20,22,24). The minimum absolute atomic E-state index is 0.261. The summed E-state index contributed by atoms with van der Waals surface area (Å²) in [5.74, 6) is 1.24. The predicted octanol–water partition coefficient (Wildman–Crippen LogP) is 3.35. The molecule has 0 bridgehead atoms. The third-order valence-electron chi connectivity index (χ3n) is 4.10. The summed E-state index contributed by atoms with van der Waals surface area (Å²) < 4.78 is 12.5. The molecular weight excluding hydrogens is 366 g/mol. The van der Waals surface area contributed by atoms with E-state index in [4.69, 9.17) is 9.15 Å². The maximum atomic E-state index is 12.6. The van der Waals surface area contributed by atoms with Crippen LogP contribution in [0.15, 0.2) is 41.0 Å². The Morgan fingerprint density at radius 2 is 2.22 bits per heavy atom. The summed E-state index contributed by atoms with van der Waals surface area (Å²) in [6.07, 6.45) is 1.57. The van der Waals surface area contributed by atoms with Crippen LogP contribution in [0.4, 0.5) is 5.13 Å². The lowest BCUT2D eigenvalue weighted by molar-refractivity contribution is 0.102. The molecule has 0 saturated heterocycles. The maximum absolute atomic E-state index is 12.6. The topological polar surface area (TPSA) is 95.1 Å². The van der Waals surface area contributed by atoms with Crippen LogP contribution in [0.5, 0.6) is 0 Å². The van der Waals surface area contributed by atoms with Crippen molar-refractivity contribution in [3.05, 3.63) is 48.0 Å². The zero-order valence-electron chi connectivity index (χ0n) is 14.8. The molecule has 3 heterocycles. The number of imidazole rings is 1. The number of carbonyl (C=O) groups excluding carboxylic acids is 1. The van der Waals surface area contributed by atoms with Crippen LogP contribution in [-0.2, 0) is 11.3 Å². The SMILES string of the molecule is COCCn1c(C)nc2cc(C(=O)Nc3nnc(-c4ccco4)s3)ccc21. The van der Waals surface area contributed by atoms with Gasteiger partial charge in [0.25, 0.3) is 5.91 Å². The van der Waals surface area contributed by atoms with Gasteiger partial charge in [-0.05, 0) is 37.3 Å². The Balaban J connectivity index is 1.54. The van der Waals surface area contributed by atoms with Crippen LogP contribution in [0.2, 0.25) is 0 Å². The lowest BCUT2D eigenvalue weighted by Gasteiger charge is -2.06. The summed E-state index contributed by atoms with van der Waals surface area (Å²) in [7, 11) is 1.67. The van der Waals surface area contributed by atoms with Crippen molar-refractivity contribution in [3.63, 3.8) is 0 Å². The molecule has 1 aromatic carbocycles. The van der Waals surface area contributed by atoms with Crippen LogP contribution in [0.3, 0.4) is 0 Å². The number of nitrogens with zero attached hydrogens (tertiary/aromatic N) is 4. The number of hydrogen-bond acceptors (Lipinski definition) is 7. The van der Waals surface area contributed by atoms with E-state index in [0.717, 1.165) is 16.9 Å². The van der Waals surface area contributed by atoms with E-state index in [1.54, 1.807) is 37.6 Å². The van der Waals surface area contributed by atoms with Gasteiger partial charge in [-0.1, -0.05) is 11.3 Å². The molecule has 8 nitrogen and oxygen atoms in total. The molecule has 0 aliphatic heterocycles. The average Bonchev–Trinajstić information content (AvgIpc) is 3.39. The van der Waals surface area contributed by atoms with E-state index >= 15 is 0 Å². The molecule has 0 spiro atoms. The van der Waals surface area contributed by atoms with Crippen molar-refractivity contribution in [1.82, 2.24) is 19.7 Å². The summed E-state index contributed by atoms with van der Waals surface area (Å²) >= 11 is 1.25. The van der Waals surface area contributed by atoms with Crippen molar-refractivity contribution >= 4 is 33.4 Å². The number of aromatic nitrogens is 4. The molecule has 0 aliphatic carbocycles. The molecule has 0 radical (unpaired) electrons. The fraction of sp³-hybridized carbons (Fsp3) is 0.222. The number of furan rings is 1. The monoisotopic (exact) mass is 383 g/mol. The van der Waals surface area contributed by atoms with Gasteiger partial charge in [0.2, 0.25) is 5.13 Å². The van der Waals surface area contributed by atoms with Gasteiger partial charge >= 0.3 is 0 Å². The minimum atomic E-state index is -0.261. The first-order chi connectivity index (χ1) is 13.2. The molecule has 0 saturated carbocycles. The van der Waals surface area contributed by atoms with E-state index in [0.29, 0.717) is 34.6 Å². The molecule has 27 heavy (non-hydrogen) atoms. The summed E-state index contributed by atoms with van der Waals surface area (Å²) in [6, 6.07) is 9.01. The van der Waals surface area contributed by atoms with Crippen molar-refractivity contribution in [2.24, 2.45) is 0 Å². The van der Waals surface area contributed by atoms with E-state index in [1.807, 2.05) is 13.0 Å². The highest BCUT2D eigenvalue weighted by Crippen LogP contribution is 2.27. The Bertz CT molecular complexity index is 1080. The first-order valence-corrected chi connectivity index (χ1v) is 9.12. The number of hydrogen-bond donors (Lipinski definition) is 1. The van der Waals surface area contributed by atoms with Crippen molar-refractivity contribution in [1.29, 1.82) is 0 Å². The number of nitrogens with one attached hydrogen (secondary N) is 1. The number of rotatable bonds is 6. The van der Waals surface area contributed by atoms with Crippen molar-refractivity contribution in [3.8, 4) is 10.8 Å². The quantitative estimate of drug-likeness (QED) is 0.549. The van der Waals surface area contributed by atoms with Gasteiger partial charge in [-0.3, -0.25) is 10.1 Å². The molecule has 4 aromatic rings. The van der Waals surface area contributed by atoms with E-state index < -0.39 is 0 Å². The summed E-state index contributed by atoms with van der Waals surface area (Å²) in [4.78, 5) is 17.1. The second kappa shape index (κ2) is 7.29. The van der Waals surface area contributed by atoms with Crippen LogP contribution in [0.25, 0.3) is 21.8 Å². The number of benzene rings is 1. The van der Waals surface area contributed by atoms with Gasteiger partial charge in [-0.25, -0.2) is 4.98 Å². The van der Waals surface area contributed by atoms with E-state index in [9.17, 15) is 4.79 Å². The summed E-state index contributed by atoms with van der Waals surface area (Å²) in [6.45, 7) is 3.25. The molecule has 3 aromatic heterocycles. The molecule has 9 heteroatoms. The van der Waals surface area contributed by atoms with Crippen LogP contribution >= 0.6 is 11.3 Å². The molecule has 0 unspecified atom stereocenters. The molecular formula is C18H17N5O3S. The summed E-state index contributed by atoms with van der Waals surface area (Å²) in [5, 5.41) is 11.8. The Hall–Kier alpha value is -3.04. The van der Waals surface area contributed by atoms with Gasteiger partial charge in [-0.2, -0.15) is 0 Å². The van der Waals surface area contributed by atoms with Crippen LogP contribution in [0, 0.1) is 6.92 Å². The summed E-state index contributed by atoms with van der Waals surface area (Å²) in [5.41, 5.74) is 2.25. The van der Waals surface area contributed by atoms with Crippen LogP contribution in [0.1, 0.15) is 16.2 Å². The predicted molar refractivity (Wildman–Crippen MR) is 102 cm³/mol. The van der Waals surface area contributed by atoms with Crippen molar-refractivity contribution in [2.75, 3.05) is 19.0 Å². The molecule has 1 amide bonds. The van der Waals surface area contributed by atoms with Gasteiger partial charge in [0, 0.05) is 19.2 Å². The van der Waals surface area contributed by atoms with Crippen LogP contribution in [-0.4, -0.2) is 39.4 Å². The number of aryl methyl sites for hydroxylation is 1. The highest BCUT2D eigenvalue weighted by Gasteiger charge is 2.15. The third-order valence-corrected chi connectivity index (χ3v) is 4.95. The Labute approximate surface area is 158 Å². The Morgan fingerprint density at radius 3 is 3.00 bits per heavy atom. The van der Waals surface area contributed by atoms with Gasteiger partial charge < -0.3 is 13.7 Å².